The molecule has 0 N–H and O–H groups in total. The molecule has 2 aromatic rings. The lowest BCUT2D eigenvalue weighted by atomic mass is 10.1. The number of nitrogens with zero attached hydrogens (tertiary/aromatic N) is 1. The zero-order valence-corrected chi connectivity index (χ0v) is 10.9. The van der Waals surface area contributed by atoms with E-state index in [-0.39, 0.29) is 0 Å². The van der Waals surface area contributed by atoms with Crippen molar-refractivity contribution in [1.29, 1.82) is 0 Å². The molecule has 0 amide bonds. The minimum absolute atomic E-state index is 0.345. The summed E-state index contributed by atoms with van der Waals surface area (Å²) < 4.78 is 0. The smallest absolute Gasteiger partial charge is 0.0778 e. The van der Waals surface area contributed by atoms with Gasteiger partial charge >= 0.3 is 0 Å². The van der Waals surface area contributed by atoms with Gasteiger partial charge in [-0.2, -0.15) is 0 Å². The summed E-state index contributed by atoms with van der Waals surface area (Å²) in [5.41, 5.74) is 1.63. The molecule has 0 aliphatic heterocycles. The van der Waals surface area contributed by atoms with Gasteiger partial charge in [0.05, 0.1) is 20.1 Å². The van der Waals surface area contributed by atoms with Crippen molar-refractivity contribution in [2.75, 3.05) is 0 Å². The molecule has 0 fully saturated rings. The van der Waals surface area contributed by atoms with Gasteiger partial charge in [-0.05, 0) is 23.8 Å². The maximum absolute atomic E-state index is 6.02. The third-order valence-corrected chi connectivity index (χ3v) is 3.57. The Hall–Kier alpha value is -0.470. The molecule has 0 aliphatic rings. The minimum atomic E-state index is 0.345. The Morgan fingerprint density at radius 1 is 0.875 bits per heavy atom. The Labute approximate surface area is 113 Å². The maximum Gasteiger partial charge on any atom is 0.0778 e. The molecule has 5 heteroatoms. The highest BCUT2D eigenvalue weighted by Crippen LogP contribution is 2.36. The Balaban J connectivity index is 2.62. The van der Waals surface area contributed by atoms with E-state index >= 15 is 0 Å². The molecular formula is C11H5Cl4N. The van der Waals surface area contributed by atoms with Crippen molar-refractivity contribution in [1.82, 2.24) is 4.98 Å². The molecule has 0 saturated carbocycles. The predicted molar refractivity (Wildman–Crippen MR) is 69.7 cm³/mol. The van der Waals surface area contributed by atoms with Crippen LogP contribution in [0, 0.1) is 0 Å². The monoisotopic (exact) mass is 291 g/mol. The molecular weight excluding hydrogens is 288 g/mol. The normalized spacial score (nSPS) is 10.5. The zero-order chi connectivity index (χ0) is 11.7. The van der Waals surface area contributed by atoms with Crippen molar-refractivity contribution in [3.05, 3.63) is 50.7 Å². The van der Waals surface area contributed by atoms with Gasteiger partial charge in [-0.15, -0.1) is 0 Å². The second-order valence-corrected chi connectivity index (χ2v) is 4.71. The Bertz CT molecular complexity index is 516. The molecule has 1 heterocycles. The largest absolute Gasteiger partial charge is 0.263 e. The number of rotatable bonds is 1. The van der Waals surface area contributed by atoms with Crippen LogP contribution < -0.4 is 0 Å². The highest BCUT2D eigenvalue weighted by Gasteiger charge is 2.09. The first-order chi connectivity index (χ1) is 7.59. The third-order valence-electron chi connectivity index (χ3n) is 2.07. The Kier molecular flexibility index (Phi) is 3.60. The van der Waals surface area contributed by atoms with Gasteiger partial charge in [0.2, 0.25) is 0 Å². The van der Waals surface area contributed by atoms with Gasteiger partial charge < -0.3 is 0 Å². The van der Waals surface area contributed by atoms with Crippen molar-refractivity contribution in [3.8, 4) is 11.1 Å². The van der Waals surface area contributed by atoms with Crippen LogP contribution >= 0.6 is 46.4 Å². The third kappa shape index (κ3) is 2.28. The number of hydrogen-bond acceptors (Lipinski definition) is 1. The van der Waals surface area contributed by atoms with E-state index in [9.17, 15) is 0 Å². The van der Waals surface area contributed by atoms with E-state index in [1.807, 2.05) is 0 Å². The van der Waals surface area contributed by atoms with Crippen molar-refractivity contribution in [2.24, 2.45) is 0 Å². The molecule has 82 valence electrons. The van der Waals surface area contributed by atoms with Crippen LogP contribution in [0.25, 0.3) is 11.1 Å². The number of benzene rings is 1. The van der Waals surface area contributed by atoms with Gasteiger partial charge in [-0.25, -0.2) is 0 Å². The van der Waals surface area contributed by atoms with Crippen LogP contribution in [0.3, 0.4) is 0 Å². The van der Waals surface area contributed by atoms with Crippen molar-refractivity contribution in [3.63, 3.8) is 0 Å². The number of pyridine rings is 1. The average Bonchev–Trinajstić information content (AvgIpc) is 2.26. The second-order valence-electron chi connectivity index (χ2n) is 3.11. The van der Waals surface area contributed by atoms with Gasteiger partial charge in [0.25, 0.3) is 0 Å². The predicted octanol–water partition coefficient (Wildman–Crippen LogP) is 5.36. The van der Waals surface area contributed by atoms with E-state index in [0.29, 0.717) is 20.1 Å². The molecule has 2 rings (SSSR count). The second kappa shape index (κ2) is 4.80. The molecule has 1 nitrogen and oxygen atoms in total. The SMILES string of the molecule is Clc1cnccc1-c1cc(Cl)c(Cl)c(Cl)c1. The van der Waals surface area contributed by atoms with Crippen LogP contribution in [0.2, 0.25) is 20.1 Å². The molecule has 1 aromatic carbocycles. The molecule has 1 aromatic heterocycles. The van der Waals surface area contributed by atoms with Gasteiger partial charge in [0.1, 0.15) is 0 Å². The zero-order valence-electron chi connectivity index (χ0n) is 7.85. The molecule has 16 heavy (non-hydrogen) atoms. The standard InChI is InChI=1S/C11H5Cl4N/c12-8-3-6(4-9(13)11(8)15)7-1-2-16-5-10(7)14/h1-5H. The van der Waals surface area contributed by atoms with Crippen LogP contribution in [0.1, 0.15) is 0 Å². The van der Waals surface area contributed by atoms with E-state index in [1.54, 1.807) is 30.6 Å². The van der Waals surface area contributed by atoms with E-state index in [0.717, 1.165) is 11.1 Å². The molecule has 0 unspecified atom stereocenters. The number of halogens is 4. The summed E-state index contributed by atoms with van der Waals surface area (Å²) in [6.07, 6.45) is 3.21. The topological polar surface area (TPSA) is 12.9 Å². The Morgan fingerprint density at radius 2 is 1.50 bits per heavy atom. The summed E-state index contributed by atoms with van der Waals surface area (Å²) >= 11 is 23.8. The maximum atomic E-state index is 6.02. The molecule has 0 atom stereocenters. The van der Waals surface area contributed by atoms with E-state index < -0.39 is 0 Å². The van der Waals surface area contributed by atoms with Crippen molar-refractivity contribution >= 4 is 46.4 Å². The summed E-state index contributed by atoms with van der Waals surface area (Å²) in [4.78, 5) is 3.91. The lowest BCUT2D eigenvalue weighted by molar-refractivity contribution is 1.33. The van der Waals surface area contributed by atoms with Gasteiger partial charge in [0, 0.05) is 18.0 Å². The van der Waals surface area contributed by atoms with E-state index in [2.05, 4.69) is 4.98 Å². The first-order valence-corrected chi connectivity index (χ1v) is 5.85. The molecule has 0 aliphatic carbocycles. The molecule has 0 saturated heterocycles. The van der Waals surface area contributed by atoms with Crippen LogP contribution in [-0.4, -0.2) is 4.98 Å². The summed E-state index contributed by atoms with van der Waals surface area (Å²) in [6, 6.07) is 5.23. The first kappa shape index (κ1) is 12.0. The Morgan fingerprint density at radius 3 is 2.06 bits per heavy atom. The first-order valence-electron chi connectivity index (χ1n) is 4.34. The van der Waals surface area contributed by atoms with Gasteiger partial charge in [-0.1, -0.05) is 46.4 Å². The summed E-state index contributed by atoms with van der Waals surface area (Å²) in [5.74, 6) is 0. The molecule has 0 radical (unpaired) electrons. The summed E-state index contributed by atoms with van der Waals surface area (Å²) in [5, 5.41) is 1.68. The highest BCUT2D eigenvalue weighted by molar-refractivity contribution is 6.48. The van der Waals surface area contributed by atoms with E-state index in [4.69, 9.17) is 46.4 Å². The number of hydrogen-bond donors (Lipinski definition) is 0. The summed E-state index contributed by atoms with van der Waals surface area (Å²) in [6.45, 7) is 0. The van der Waals surface area contributed by atoms with Crippen molar-refractivity contribution in [2.45, 2.75) is 0 Å². The van der Waals surface area contributed by atoms with Gasteiger partial charge in [-0.3, -0.25) is 4.98 Å². The summed E-state index contributed by atoms with van der Waals surface area (Å²) in [7, 11) is 0. The van der Waals surface area contributed by atoms with Crippen molar-refractivity contribution < 1.29 is 0 Å². The van der Waals surface area contributed by atoms with Crippen LogP contribution in [0.5, 0.6) is 0 Å². The quantitative estimate of drug-likeness (QED) is 0.645. The lowest BCUT2D eigenvalue weighted by Gasteiger charge is -2.06. The van der Waals surface area contributed by atoms with Crippen LogP contribution in [0.4, 0.5) is 0 Å². The minimum Gasteiger partial charge on any atom is -0.263 e. The highest BCUT2D eigenvalue weighted by atomic mass is 35.5. The van der Waals surface area contributed by atoms with E-state index in [1.165, 1.54) is 0 Å². The van der Waals surface area contributed by atoms with Gasteiger partial charge in [0.15, 0.2) is 0 Å². The average molecular weight is 293 g/mol. The molecule has 0 bridgehead atoms. The lowest BCUT2D eigenvalue weighted by Crippen LogP contribution is -1.82. The fraction of sp³-hybridized carbons (Fsp3) is 0. The van der Waals surface area contributed by atoms with Crippen LogP contribution in [0.15, 0.2) is 30.6 Å². The molecule has 0 spiro atoms. The fourth-order valence-corrected chi connectivity index (χ4v) is 2.14. The van der Waals surface area contributed by atoms with Crippen LogP contribution in [-0.2, 0) is 0 Å². The number of aromatic nitrogens is 1. The fourth-order valence-electron chi connectivity index (χ4n) is 1.32.